The largest absolute Gasteiger partial charge is 0.479 e. The van der Waals surface area contributed by atoms with Crippen molar-refractivity contribution in [1.82, 2.24) is 0 Å². The maximum atomic E-state index is 6.55. The summed E-state index contributed by atoms with van der Waals surface area (Å²) >= 11 is 0. The molecule has 1 aliphatic heterocycles. The zero-order valence-corrected chi connectivity index (χ0v) is 12.0. The van der Waals surface area contributed by atoms with E-state index in [1.54, 1.807) is 0 Å². The van der Waals surface area contributed by atoms with Crippen molar-refractivity contribution in [3.63, 3.8) is 0 Å². The van der Waals surface area contributed by atoms with Crippen LogP contribution in [0.5, 0.6) is 0 Å². The van der Waals surface area contributed by atoms with E-state index in [0.717, 1.165) is 19.0 Å². The summed E-state index contributed by atoms with van der Waals surface area (Å²) in [7, 11) is 0. The smallest absolute Gasteiger partial charge is 0.186 e. The van der Waals surface area contributed by atoms with Crippen molar-refractivity contribution in [3.05, 3.63) is 35.4 Å². The molecule has 2 bridgehead atoms. The molecule has 0 amide bonds. The molecule has 3 heteroatoms. The van der Waals surface area contributed by atoms with Crippen molar-refractivity contribution in [1.29, 1.82) is 0 Å². The highest BCUT2D eigenvalue weighted by Crippen LogP contribution is 2.56. The van der Waals surface area contributed by atoms with Crippen LogP contribution in [-0.4, -0.2) is 25.1 Å². The maximum absolute atomic E-state index is 6.55. The van der Waals surface area contributed by atoms with Gasteiger partial charge in [-0.1, -0.05) is 24.3 Å². The second kappa shape index (κ2) is 4.59. The van der Waals surface area contributed by atoms with Gasteiger partial charge < -0.3 is 10.5 Å². The van der Waals surface area contributed by atoms with Crippen LogP contribution in [0, 0.1) is 24.7 Å². The Bertz CT molecular complexity index is 554. The second-order valence-electron chi connectivity index (χ2n) is 6.53. The molecule has 0 aromatic heterocycles. The zero-order chi connectivity index (χ0) is 13.7. The van der Waals surface area contributed by atoms with Crippen LogP contribution in [0.15, 0.2) is 29.3 Å². The van der Waals surface area contributed by atoms with E-state index >= 15 is 0 Å². The molecule has 2 saturated carbocycles. The molecule has 1 heterocycles. The fourth-order valence-electron chi connectivity index (χ4n) is 4.66. The molecule has 3 nitrogen and oxygen atoms in total. The van der Waals surface area contributed by atoms with Gasteiger partial charge in [0, 0.05) is 17.9 Å². The first-order chi connectivity index (χ1) is 9.75. The SMILES string of the molecule is Cc1ccccc1C1C(N)C2CC(C3=NCCO3)C1C2. The zero-order valence-electron chi connectivity index (χ0n) is 12.0. The van der Waals surface area contributed by atoms with Crippen molar-refractivity contribution in [2.45, 2.75) is 31.7 Å². The van der Waals surface area contributed by atoms with Gasteiger partial charge in [-0.25, -0.2) is 0 Å². The number of nitrogens with zero attached hydrogens (tertiary/aromatic N) is 1. The normalized spacial score (nSPS) is 38.9. The van der Waals surface area contributed by atoms with E-state index in [-0.39, 0.29) is 0 Å². The highest BCUT2D eigenvalue weighted by molar-refractivity contribution is 5.81. The Morgan fingerprint density at radius 1 is 1.25 bits per heavy atom. The average Bonchev–Trinajstić information content (AvgIpc) is 3.14. The van der Waals surface area contributed by atoms with Crippen LogP contribution in [0.1, 0.15) is 29.9 Å². The van der Waals surface area contributed by atoms with E-state index in [1.165, 1.54) is 24.0 Å². The minimum Gasteiger partial charge on any atom is -0.479 e. The van der Waals surface area contributed by atoms with Gasteiger partial charge in [-0.3, -0.25) is 4.99 Å². The molecule has 0 saturated heterocycles. The Labute approximate surface area is 120 Å². The summed E-state index contributed by atoms with van der Waals surface area (Å²) in [6.07, 6.45) is 2.42. The predicted octanol–water partition coefficient (Wildman–Crippen LogP) is 2.49. The quantitative estimate of drug-likeness (QED) is 0.897. The maximum Gasteiger partial charge on any atom is 0.186 e. The Kier molecular flexibility index (Phi) is 2.84. The van der Waals surface area contributed by atoms with Crippen molar-refractivity contribution in [3.8, 4) is 0 Å². The highest BCUT2D eigenvalue weighted by Gasteiger charge is 2.54. The van der Waals surface area contributed by atoms with Gasteiger partial charge in [0.05, 0.1) is 6.54 Å². The number of nitrogens with two attached hydrogens (primary N) is 1. The summed E-state index contributed by atoms with van der Waals surface area (Å²) in [6, 6.07) is 9.01. The molecule has 1 aromatic rings. The third kappa shape index (κ3) is 1.72. The molecule has 4 rings (SSSR count). The molecule has 20 heavy (non-hydrogen) atoms. The van der Waals surface area contributed by atoms with E-state index in [2.05, 4.69) is 36.2 Å². The van der Waals surface area contributed by atoms with Crippen LogP contribution in [0.25, 0.3) is 0 Å². The Morgan fingerprint density at radius 3 is 2.80 bits per heavy atom. The molecule has 2 N–H and O–H groups in total. The van der Waals surface area contributed by atoms with Gasteiger partial charge in [0.25, 0.3) is 0 Å². The second-order valence-corrected chi connectivity index (χ2v) is 6.53. The molecule has 3 aliphatic rings. The van der Waals surface area contributed by atoms with Crippen LogP contribution < -0.4 is 5.73 Å². The summed E-state index contributed by atoms with van der Waals surface area (Å²) in [4.78, 5) is 4.57. The Balaban J connectivity index is 1.68. The molecule has 106 valence electrons. The number of aryl methyl sites for hydroxylation is 1. The van der Waals surface area contributed by atoms with E-state index in [0.29, 0.717) is 29.7 Å². The van der Waals surface area contributed by atoms with Crippen LogP contribution in [-0.2, 0) is 4.74 Å². The summed E-state index contributed by atoms with van der Waals surface area (Å²) in [6.45, 7) is 3.81. The molecule has 1 aromatic carbocycles. The first kappa shape index (κ1) is 12.4. The van der Waals surface area contributed by atoms with Gasteiger partial charge >= 0.3 is 0 Å². The summed E-state index contributed by atoms with van der Waals surface area (Å²) in [5.41, 5.74) is 9.35. The lowest BCUT2D eigenvalue weighted by Crippen LogP contribution is -2.39. The van der Waals surface area contributed by atoms with Crippen LogP contribution in [0.3, 0.4) is 0 Å². The highest BCUT2D eigenvalue weighted by atomic mass is 16.5. The topological polar surface area (TPSA) is 47.6 Å². The van der Waals surface area contributed by atoms with E-state index in [1.807, 2.05) is 0 Å². The van der Waals surface area contributed by atoms with E-state index < -0.39 is 0 Å². The number of ether oxygens (including phenoxy) is 1. The van der Waals surface area contributed by atoms with Crippen molar-refractivity contribution in [2.24, 2.45) is 28.5 Å². The van der Waals surface area contributed by atoms with Crippen LogP contribution in [0.4, 0.5) is 0 Å². The molecule has 0 spiro atoms. The number of hydrogen-bond donors (Lipinski definition) is 1. The third-order valence-corrected chi connectivity index (χ3v) is 5.54. The van der Waals surface area contributed by atoms with Gasteiger partial charge in [0.15, 0.2) is 5.90 Å². The van der Waals surface area contributed by atoms with Gasteiger partial charge in [0.1, 0.15) is 6.61 Å². The van der Waals surface area contributed by atoms with Gasteiger partial charge in [-0.15, -0.1) is 0 Å². The van der Waals surface area contributed by atoms with Crippen molar-refractivity contribution < 1.29 is 4.74 Å². The number of aliphatic imine (C=N–C) groups is 1. The molecule has 2 fully saturated rings. The third-order valence-electron chi connectivity index (χ3n) is 5.54. The minimum atomic E-state index is 0.305. The summed E-state index contributed by atoms with van der Waals surface area (Å²) in [5.74, 6) is 3.26. The van der Waals surface area contributed by atoms with Gasteiger partial charge in [0.2, 0.25) is 0 Å². The molecule has 5 atom stereocenters. The molecule has 0 radical (unpaired) electrons. The monoisotopic (exact) mass is 270 g/mol. The van der Waals surface area contributed by atoms with Crippen LogP contribution in [0.2, 0.25) is 0 Å². The minimum absolute atomic E-state index is 0.305. The fraction of sp³-hybridized carbons (Fsp3) is 0.588. The summed E-state index contributed by atoms with van der Waals surface area (Å²) in [5, 5.41) is 0. The molecular weight excluding hydrogens is 248 g/mol. The predicted molar refractivity (Wildman–Crippen MR) is 79.9 cm³/mol. The molecule has 2 aliphatic carbocycles. The lowest BCUT2D eigenvalue weighted by molar-refractivity contribution is 0.263. The molecule has 5 unspecified atom stereocenters. The lowest BCUT2D eigenvalue weighted by atomic mass is 9.73. The van der Waals surface area contributed by atoms with Gasteiger partial charge in [-0.05, 0) is 42.7 Å². The Morgan fingerprint density at radius 2 is 2.10 bits per heavy atom. The van der Waals surface area contributed by atoms with Crippen LogP contribution >= 0.6 is 0 Å². The number of benzene rings is 1. The Hall–Kier alpha value is -1.35. The lowest BCUT2D eigenvalue weighted by Gasteiger charge is -2.34. The van der Waals surface area contributed by atoms with Gasteiger partial charge in [-0.2, -0.15) is 0 Å². The first-order valence-electron chi connectivity index (χ1n) is 7.74. The van der Waals surface area contributed by atoms with Crippen molar-refractivity contribution in [2.75, 3.05) is 13.2 Å². The van der Waals surface area contributed by atoms with E-state index in [4.69, 9.17) is 10.5 Å². The first-order valence-corrected chi connectivity index (χ1v) is 7.74. The fourth-order valence-corrected chi connectivity index (χ4v) is 4.66. The average molecular weight is 270 g/mol. The number of hydrogen-bond acceptors (Lipinski definition) is 3. The molecular formula is C17H22N2O. The summed E-state index contributed by atoms with van der Waals surface area (Å²) < 4.78 is 5.75. The van der Waals surface area contributed by atoms with E-state index in [9.17, 15) is 0 Å². The number of rotatable bonds is 2. The van der Waals surface area contributed by atoms with Crippen molar-refractivity contribution >= 4 is 5.90 Å². The standard InChI is InChI=1S/C17H22N2O/c1-10-4-2-3-5-12(10)15-13-8-11(16(15)18)9-14(13)17-19-6-7-20-17/h2-5,11,13-16H,6-9,18H2,1H3. The number of fused-ring (bicyclic) bond motifs is 2.